The Morgan fingerprint density at radius 2 is 1.89 bits per heavy atom. The largest absolute Gasteiger partial charge is 0.322 e. The zero-order valence-corrected chi connectivity index (χ0v) is 10.4. The van der Waals surface area contributed by atoms with Crippen LogP contribution in [-0.4, -0.2) is 32.3 Å². The SMILES string of the molecule is CCCC(=O)Nc1cnc(-c2ncc(NC=O)[nH]2)[nH]1. The molecular formula is C11H14N6O2. The van der Waals surface area contributed by atoms with Gasteiger partial charge in [0.15, 0.2) is 11.6 Å². The van der Waals surface area contributed by atoms with Gasteiger partial charge in [-0.15, -0.1) is 0 Å². The van der Waals surface area contributed by atoms with Gasteiger partial charge in [-0.25, -0.2) is 9.97 Å². The molecule has 0 aliphatic carbocycles. The molecule has 0 bridgehead atoms. The lowest BCUT2D eigenvalue weighted by atomic mass is 10.3. The maximum Gasteiger partial charge on any atom is 0.225 e. The summed E-state index contributed by atoms with van der Waals surface area (Å²) in [5.74, 6) is 1.86. The summed E-state index contributed by atoms with van der Waals surface area (Å²) in [4.78, 5) is 35.6. The topological polar surface area (TPSA) is 116 Å². The standard InChI is InChI=1S/C11H14N6O2/c1-2-3-9(19)15-8-5-13-11(17-8)10-12-4-7(16-10)14-6-18/h4-6H,2-3H2,1H3,(H,12,16)(H,13,17)(H,14,18)(H,15,19). The second-order valence-corrected chi connectivity index (χ2v) is 3.85. The molecule has 4 N–H and O–H groups in total. The zero-order valence-electron chi connectivity index (χ0n) is 10.4. The van der Waals surface area contributed by atoms with Crippen LogP contribution in [0.1, 0.15) is 19.8 Å². The maximum atomic E-state index is 11.4. The van der Waals surface area contributed by atoms with Crippen LogP contribution in [0, 0.1) is 0 Å². The number of aromatic amines is 2. The fourth-order valence-electron chi connectivity index (χ4n) is 1.52. The maximum absolute atomic E-state index is 11.4. The van der Waals surface area contributed by atoms with E-state index in [1.165, 1.54) is 12.4 Å². The number of hydrogen-bond acceptors (Lipinski definition) is 4. The van der Waals surface area contributed by atoms with Crippen molar-refractivity contribution in [2.24, 2.45) is 0 Å². The summed E-state index contributed by atoms with van der Waals surface area (Å²) in [5, 5.41) is 5.14. The second kappa shape index (κ2) is 5.80. The molecule has 0 spiro atoms. The highest BCUT2D eigenvalue weighted by molar-refractivity contribution is 5.89. The van der Waals surface area contributed by atoms with Gasteiger partial charge >= 0.3 is 0 Å². The molecule has 0 aromatic carbocycles. The monoisotopic (exact) mass is 262 g/mol. The molecule has 8 heteroatoms. The van der Waals surface area contributed by atoms with Crippen molar-refractivity contribution in [3.63, 3.8) is 0 Å². The van der Waals surface area contributed by atoms with E-state index in [9.17, 15) is 9.59 Å². The average Bonchev–Trinajstić information content (AvgIpc) is 2.99. The number of rotatable bonds is 6. The van der Waals surface area contributed by atoms with Crippen LogP contribution in [0.5, 0.6) is 0 Å². The van der Waals surface area contributed by atoms with E-state index in [-0.39, 0.29) is 5.91 Å². The molecule has 19 heavy (non-hydrogen) atoms. The number of carbonyl (C=O) groups is 2. The fourth-order valence-corrected chi connectivity index (χ4v) is 1.52. The van der Waals surface area contributed by atoms with E-state index in [1.807, 2.05) is 6.92 Å². The van der Waals surface area contributed by atoms with Crippen LogP contribution < -0.4 is 10.6 Å². The molecule has 0 aliphatic rings. The van der Waals surface area contributed by atoms with E-state index < -0.39 is 0 Å². The molecule has 2 heterocycles. The van der Waals surface area contributed by atoms with Crippen molar-refractivity contribution in [3.8, 4) is 11.6 Å². The van der Waals surface area contributed by atoms with E-state index in [1.54, 1.807) is 0 Å². The van der Waals surface area contributed by atoms with Gasteiger partial charge in [-0.2, -0.15) is 0 Å². The van der Waals surface area contributed by atoms with Crippen LogP contribution in [-0.2, 0) is 9.59 Å². The molecule has 100 valence electrons. The number of carbonyl (C=O) groups excluding carboxylic acids is 2. The minimum absolute atomic E-state index is 0.0690. The summed E-state index contributed by atoms with van der Waals surface area (Å²) < 4.78 is 0. The lowest BCUT2D eigenvalue weighted by molar-refractivity contribution is -0.116. The van der Waals surface area contributed by atoms with Gasteiger partial charge in [0.2, 0.25) is 12.3 Å². The van der Waals surface area contributed by atoms with Gasteiger partial charge in [0, 0.05) is 6.42 Å². The number of H-pyrrole nitrogens is 2. The van der Waals surface area contributed by atoms with Gasteiger partial charge in [-0.1, -0.05) is 6.92 Å². The Labute approximate surface area is 109 Å². The number of anilines is 2. The molecule has 2 aromatic heterocycles. The van der Waals surface area contributed by atoms with Crippen LogP contribution in [0.2, 0.25) is 0 Å². The second-order valence-electron chi connectivity index (χ2n) is 3.85. The number of imidazole rings is 2. The summed E-state index contributed by atoms with van der Waals surface area (Å²) in [7, 11) is 0. The smallest absolute Gasteiger partial charge is 0.225 e. The minimum Gasteiger partial charge on any atom is -0.322 e. The summed E-state index contributed by atoms with van der Waals surface area (Å²) >= 11 is 0. The van der Waals surface area contributed by atoms with Crippen LogP contribution in [0.3, 0.4) is 0 Å². The molecule has 2 rings (SSSR count). The van der Waals surface area contributed by atoms with Crippen molar-refractivity contribution >= 4 is 24.0 Å². The first-order valence-electron chi connectivity index (χ1n) is 5.83. The highest BCUT2D eigenvalue weighted by atomic mass is 16.1. The van der Waals surface area contributed by atoms with E-state index in [4.69, 9.17) is 0 Å². The molecule has 0 radical (unpaired) electrons. The van der Waals surface area contributed by atoms with Crippen molar-refractivity contribution in [1.82, 2.24) is 19.9 Å². The lowest BCUT2D eigenvalue weighted by Crippen LogP contribution is -2.10. The summed E-state index contributed by atoms with van der Waals surface area (Å²) in [6.07, 6.45) is 4.78. The van der Waals surface area contributed by atoms with Crippen molar-refractivity contribution in [3.05, 3.63) is 12.4 Å². The van der Waals surface area contributed by atoms with Gasteiger partial charge in [0.1, 0.15) is 11.6 Å². The first kappa shape index (κ1) is 12.8. The van der Waals surface area contributed by atoms with Crippen LogP contribution in [0.4, 0.5) is 11.6 Å². The van der Waals surface area contributed by atoms with E-state index in [0.717, 1.165) is 6.42 Å². The molecule has 0 atom stereocenters. The van der Waals surface area contributed by atoms with Crippen LogP contribution in [0.15, 0.2) is 12.4 Å². The molecule has 0 saturated heterocycles. The third kappa shape index (κ3) is 3.18. The Morgan fingerprint density at radius 1 is 1.26 bits per heavy atom. The zero-order chi connectivity index (χ0) is 13.7. The highest BCUT2D eigenvalue weighted by Gasteiger charge is 2.09. The molecule has 8 nitrogen and oxygen atoms in total. The highest BCUT2D eigenvalue weighted by Crippen LogP contribution is 2.16. The summed E-state index contributed by atoms with van der Waals surface area (Å²) in [5.41, 5.74) is 0. The summed E-state index contributed by atoms with van der Waals surface area (Å²) in [6, 6.07) is 0. The molecular weight excluding hydrogens is 248 g/mol. The Bertz CT molecular complexity index is 573. The Hall–Kier alpha value is -2.64. The molecule has 2 amide bonds. The van der Waals surface area contributed by atoms with Gasteiger partial charge in [0.25, 0.3) is 0 Å². The first-order valence-corrected chi connectivity index (χ1v) is 5.83. The normalized spacial score (nSPS) is 10.2. The third-order valence-electron chi connectivity index (χ3n) is 2.34. The summed E-state index contributed by atoms with van der Waals surface area (Å²) in [6.45, 7) is 1.93. The number of hydrogen-bond donors (Lipinski definition) is 4. The predicted octanol–water partition coefficient (Wildman–Crippen LogP) is 1.11. The molecule has 0 aliphatic heterocycles. The fraction of sp³-hybridized carbons (Fsp3) is 0.273. The van der Waals surface area contributed by atoms with Crippen molar-refractivity contribution < 1.29 is 9.59 Å². The number of nitrogens with one attached hydrogen (secondary N) is 4. The number of nitrogens with zero attached hydrogens (tertiary/aromatic N) is 2. The quantitative estimate of drug-likeness (QED) is 0.583. The molecule has 0 fully saturated rings. The minimum atomic E-state index is -0.0690. The first-order chi connectivity index (χ1) is 9.22. The van der Waals surface area contributed by atoms with Gasteiger partial charge in [0.05, 0.1) is 12.4 Å². The Balaban J connectivity index is 2.07. The third-order valence-corrected chi connectivity index (χ3v) is 2.34. The molecule has 0 saturated carbocycles. The van der Waals surface area contributed by atoms with Crippen molar-refractivity contribution in [1.29, 1.82) is 0 Å². The van der Waals surface area contributed by atoms with E-state index >= 15 is 0 Å². The van der Waals surface area contributed by atoms with Crippen molar-refractivity contribution in [2.45, 2.75) is 19.8 Å². The van der Waals surface area contributed by atoms with Crippen LogP contribution in [0.25, 0.3) is 11.6 Å². The van der Waals surface area contributed by atoms with Gasteiger partial charge < -0.3 is 20.6 Å². The predicted molar refractivity (Wildman–Crippen MR) is 69.4 cm³/mol. The van der Waals surface area contributed by atoms with E-state index in [2.05, 4.69) is 30.6 Å². The number of amides is 2. The van der Waals surface area contributed by atoms with Gasteiger partial charge in [-0.3, -0.25) is 9.59 Å². The Kier molecular flexibility index (Phi) is 3.91. The average molecular weight is 262 g/mol. The molecule has 0 unspecified atom stereocenters. The van der Waals surface area contributed by atoms with Crippen molar-refractivity contribution in [2.75, 3.05) is 10.6 Å². The van der Waals surface area contributed by atoms with E-state index in [0.29, 0.717) is 36.1 Å². The van der Waals surface area contributed by atoms with Crippen LogP contribution >= 0.6 is 0 Å². The number of aromatic nitrogens is 4. The lowest BCUT2D eigenvalue weighted by Gasteiger charge is -1.99. The van der Waals surface area contributed by atoms with Gasteiger partial charge in [-0.05, 0) is 6.42 Å². The Morgan fingerprint density at radius 3 is 2.53 bits per heavy atom. The molecule has 2 aromatic rings.